The second-order valence-corrected chi connectivity index (χ2v) is 3.75. The van der Waals surface area contributed by atoms with E-state index in [2.05, 4.69) is 6.07 Å². The van der Waals surface area contributed by atoms with Gasteiger partial charge in [-0.15, -0.1) is 0 Å². The minimum Gasteiger partial charge on any atom is -0.460 e. The lowest BCUT2D eigenvalue weighted by molar-refractivity contribution is -0.142. The highest BCUT2D eigenvalue weighted by Gasteiger charge is 2.59. The second-order valence-electron chi connectivity index (χ2n) is 3.75. The lowest BCUT2D eigenvalue weighted by Gasteiger charge is -2.08. The summed E-state index contributed by atoms with van der Waals surface area (Å²) in [6.45, 7) is 1.37. The van der Waals surface area contributed by atoms with Crippen LogP contribution in [-0.4, -0.2) is 12.1 Å². The molecule has 0 N–H and O–H groups in total. The molecule has 2 rings (SSSR count). The third kappa shape index (κ3) is 1.59. The molecule has 1 saturated carbocycles. The molecule has 0 bridgehead atoms. The van der Waals surface area contributed by atoms with E-state index < -0.39 is 5.41 Å². The molecule has 1 aliphatic rings. The van der Waals surface area contributed by atoms with Crippen LogP contribution in [0.2, 0.25) is 0 Å². The Bertz CT molecular complexity index is 421. The van der Waals surface area contributed by atoms with Crippen molar-refractivity contribution in [2.24, 2.45) is 0 Å². The molecule has 0 aliphatic heterocycles. The highest BCUT2D eigenvalue weighted by Crippen LogP contribution is 2.49. The number of rotatable bonds is 2. The lowest BCUT2D eigenvalue weighted by Crippen LogP contribution is -2.14. The molecule has 1 aromatic rings. The Labute approximate surface area is 88.3 Å². The van der Waals surface area contributed by atoms with Gasteiger partial charge in [-0.3, -0.25) is 4.79 Å². The number of nitrogens with zero attached hydrogens (tertiary/aromatic N) is 1. The molecule has 1 aromatic carbocycles. The fourth-order valence-electron chi connectivity index (χ4n) is 1.80. The maximum absolute atomic E-state index is 10.8. The molecule has 3 nitrogen and oxygen atoms in total. The predicted octanol–water partition coefficient (Wildman–Crippen LogP) is 1.78. The minimum absolute atomic E-state index is 0.276. The number of esters is 1. The number of nitriles is 1. The maximum Gasteiger partial charge on any atom is 0.302 e. The van der Waals surface area contributed by atoms with Crippen LogP contribution < -0.4 is 0 Å². The normalized spacial score (nSPS) is 27.9. The molecule has 3 heteroatoms. The number of hydrogen-bond donors (Lipinski definition) is 0. The second kappa shape index (κ2) is 3.39. The monoisotopic (exact) mass is 201 g/mol. The summed E-state index contributed by atoms with van der Waals surface area (Å²) >= 11 is 0. The van der Waals surface area contributed by atoms with Crippen LogP contribution in [0.5, 0.6) is 0 Å². The zero-order valence-electron chi connectivity index (χ0n) is 8.43. The van der Waals surface area contributed by atoms with Crippen molar-refractivity contribution in [3.63, 3.8) is 0 Å². The van der Waals surface area contributed by atoms with Crippen LogP contribution in [0.15, 0.2) is 30.3 Å². The van der Waals surface area contributed by atoms with Gasteiger partial charge in [0.05, 0.1) is 6.07 Å². The van der Waals surface area contributed by atoms with E-state index in [0.717, 1.165) is 5.56 Å². The van der Waals surface area contributed by atoms with Gasteiger partial charge in [-0.05, 0) is 5.56 Å². The van der Waals surface area contributed by atoms with Crippen LogP contribution in [0.1, 0.15) is 18.9 Å². The van der Waals surface area contributed by atoms with Crippen LogP contribution in [0.4, 0.5) is 0 Å². The van der Waals surface area contributed by atoms with E-state index in [1.807, 2.05) is 30.3 Å². The lowest BCUT2D eigenvalue weighted by atomic mass is 9.97. The standard InChI is InChI=1S/C12H11NO2/c1-9(14)15-11-7-12(11,8-13)10-5-3-2-4-6-10/h2-6,11H,7H2,1H3/t11-,12-/m1/s1. The number of ether oxygens (including phenoxy) is 1. The number of carbonyl (C=O) groups excluding carboxylic acids is 1. The van der Waals surface area contributed by atoms with Crippen LogP contribution in [0, 0.1) is 11.3 Å². The highest BCUT2D eigenvalue weighted by molar-refractivity contribution is 5.67. The molecule has 15 heavy (non-hydrogen) atoms. The molecule has 0 spiro atoms. The van der Waals surface area contributed by atoms with E-state index in [9.17, 15) is 4.79 Å². The number of hydrogen-bond acceptors (Lipinski definition) is 3. The first-order chi connectivity index (χ1) is 7.19. The average Bonchev–Trinajstić information content (AvgIpc) is 2.93. The van der Waals surface area contributed by atoms with Gasteiger partial charge in [0, 0.05) is 13.3 Å². The van der Waals surface area contributed by atoms with Crippen LogP contribution in [-0.2, 0) is 14.9 Å². The Morgan fingerprint density at radius 1 is 1.53 bits per heavy atom. The van der Waals surface area contributed by atoms with Gasteiger partial charge in [-0.2, -0.15) is 5.26 Å². The zero-order valence-corrected chi connectivity index (χ0v) is 8.43. The maximum atomic E-state index is 10.8. The van der Waals surface area contributed by atoms with E-state index in [4.69, 9.17) is 10.00 Å². The first-order valence-electron chi connectivity index (χ1n) is 4.83. The van der Waals surface area contributed by atoms with Gasteiger partial charge in [0.15, 0.2) is 0 Å². The van der Waals surface area contributed by atoms with Gasteiger partial charge < -0.3 is 4.74 Å². The van der Waals surface area contributed by atoms with E-state index in [0.29, 0.717) is 6.42 Å². The van der Waals surface area contributed by atoms with Crippen LogP contribution in [0.25, 0.3) is 0 Å². The molecule has 0 unspecified atom stereocenters. The summed E-state index contributed by atoms with van der Waals surface area (Å²) in [4.78, 5) is 10.8. The summed E-state index contributed by atoms with van der Waals surface area (Å²) in [6.07, 6.45) is 0.329. The molecule has 0 heterocycles. The smallest absolute Gasteiger partial charge is 0.302 e. The number of carbonyl (C=O) groups is 1. The Hall–Kier alpha value is -1.82. The SMILES string of the molecule is CC(=O)O[C@@H]1C[C@@]1(C#N)c1ccccc1. The summed E-state index contributed by atoms with van der Waals surface area (Å²) < 4.78 is 5.06. The van der Waals surface area contributed by atoms with Gasteiger partial charge in [-0.1, -0.05) is 30.3 Å². The third-order valence-electron chi connectivity index (χ3n) is 2.69. The van der Waals surface area contributed by atoms with Crippen LogP contribution in [0.3, 0.4) is 0 Å². The summed E-state index contributed by atoms with van der Waals surface area (Å²) in [5, 5.41) is 9.15. The third-order valence-corrected chi connectivity index (χ3v) is 2.69. The summed E-state index contributed by atoms with van der Waals surface area (Å²) in [7, 11) is 0. The van der Waals surface area contributed by atoms with Gasteiger partial charge in [0.25, 0.3) is 0 Å². The molecule has 1 fully saturated rings. The molecule has 0 aromatic heterocycles. The highest BCUT2D eigenvalue weighted by atomic mass is 16.5. The topological polar surface area (TPSA) is 50.1 Å². The van der Waals surface area contributed by atoms with E-state index in [1.165, 1.54) is 6.92 Å². The number of benzene rings is 1. The predicted molar refractivity (Wildman–Crippen MR) is 53.9 cm³/mol. The summed E-state index contributed by atoms with van der Waals surface area (Å²) in [5.41, 5.74) is 0.325. The van der Waals surface area contributed by atoms with Gasteiger partial charge in [0.2, 0.25) is 0 Å². The van der Waals surface area contributed by atoms with Crippen molar-refractivity contribution in [1.82, 2.24) is 0 Å². The van der Waals surface area contributed by atoms with Gasteiger partial charge >= 0.3 is 5.97 Å². The fraction of sp³-hybridized carbons (Fsp3) is 0.333. The van der Waals surface area contributed by atoms with Crippen molar-refractivity contribution in [3.05, 3.63) is 35.9 Å². The molecule has 76 valence electrons. The van der Waals surface area contributed by atoms with E-state index >= 15 is 0 Å². The Kier molecular flexibility index (Phi) is 2.20. The van der Waals surface area contributed by atoms with Crippen molar-refractivity contribution in [3.8, 4) is 6.07 Å². The van der Waals surface area contributed by atoms with Crippen molar-refractivity contribution < 1.29 is 9.53 Å². The minimum atomic E-state index is -0.604. The van der Waals surface area contributed by atoms with Crippen molar-refractivity contribution in [1.29, 1.82) is 5.26 Å². The first-order valence-corrected chi connectivity index (χ1v) is 4.83. The molecule has 0 amide bonds. The molecule has 1 aliphatic carbocycles. The van der Waals surface area contributed by atoms with Crippen molar-refractivity contribution in [2.45, 2.75) is 24.9 Å². The molecular weight excluding hydrogens is 190 g/mol. The Morgan fingerprint density at radius 3 is 2.73 bits per heavy atom. The van der Waals surface area contributed by atoms with Crippen molar-refractivity contribution in [2.75, 3.05) is 0 Å². The quantitative estimate of drug-likeness (QED) is 0.685. The van der Waals surface area contributed by atoms with Gasteiger partial charge in [-0.25, -0.2) is 0 Å². The summed E-state index contributed by atoms with van der Waals surface area (Å²) in [6, 6.07) is 11.7. The first kappa shape index (κ1) is 9.72. The van der Waals surface area contributed by atoms with Crippen LogP contribution >= 0.6 is 0 Å². The molecule has 0 saturated heterocycles. The summed E-state index contributed by atoms with van der Waals surface area (Å²) in [5.74, 6) is -0.326. The fourth-order valence-corrected chi connectivity index (χ4v) is 1.80. The van der Waals surface area contributed by atoms with E-state index in [1.54, 1.807) is 0 Å². The zero-order chi connectivity index (χ0) is 10.9. The Morgan fingerprint density at radius 2 is 2.20 bits per heavy atom. The van der Waals surface area contributed by atoms with Gasteiger partial charge in [0.1, 0.15) is 11.5 Å². The largest absolute Gasteiger partial charge is 0.460 e. The average molecular weight is 201 g/mol. The Balaban J connectivity index is 2.22. The van der Waals surface area contributed by atoms with Crippen molar-refractivity contribution >= 4 is 5.97 Å². The molecule has 0 radical (unpaired) electrons. The molecule has 2 atom stereocenters. The molecular formula is C12H11NO2. The van der Waals surface area contributed by atoms with E-state index in [-0.39, 0.29) is 12.1 Å².